The Morgan fingerprint density at radius 3 is 1.09 bits per heavy atom. The molecule has 0 bridgehead atoms. The van der Waals surface area contributed by atoms with Crippen molar-refractivity contribution in [3.05, 3.63) is 283 Å². The fourth-order valence-electron chi connectivity index (χ4n) is 12.7. The summed E-state index contributed by atoms with van der Waals surface area (Å²) in [6, 6.07) is 101. The third-order valence-corrected chi connectivity index (χ3v) is 16.1. The van der Waals surface area contributed by atoms with Crippen LogP contribution in [0.25, 0.3) is 110 Å². The van der Waals surface area contributed by atoms with E-state index in [1.165, 1.54) is 119 Å². The van der Waals surface area contributed by atoms with Crippen LogP contribution in [0.15, 0.2) is 273 Å². The van der Waals surface area contributed by atoms with Gasteiger partial charge >= 0.3 is 0 Å². The standard InChI is InChI=1S/C74H50N2/c1-7-31-57-49(19-1)25-13-37-63(57)73-65-45-43-56(76(71-41-17-29-53-23-5-11-35-61(53)71)72-42-18-30-54-24-6-12-36-62(54)72)48-68(65)74(64-38-14-26-50-20-2-8-32-58(50)64)66-46-44-55(47-67(66)73)75(69-39-15-27-51-21-3-9-33-59(51)69)70-40-16-28-52-22-4-10-34-60(52)70/h1-43,45-48,55H,44H2. The van der Waals surface area contributed by atoms with Crippen molar-refractivity contribution in [3.63, 3.8) is 0 Å². The van der Waals surface area contributed by atoms with Gasteiger partial charge in [-0.1, -0.05) is 249 Å². The van der Waals surface area contributed by atoms with Crippen LogP contribution in [0.4, 0.5) is 28.4 Å². The largest absolute Gasteiger partial charge is 0.333 e. The van der Waals surface area contributed by atoms with Crippen LogP contribution in [0.3, 0.4) is 0 Å². The van der Waals surface area contributed by atoms with Gasteiger partial charge in [-0.25, -0.2) is 0 Å². The fraction of sp³-hybridized carbons (Fsp3) is 0.0270. The van der Waals surface area contributed by atoms with Gasteiger partial charge in [0.1, 0.15) is 0 Å². The zero-order valence-corrected chi connectivity index (χ0v) is 41.8. The summed E-state index contributed by atoms with van der Waals surface area (Å²) in [5.41, 5.74) is 10.7. The van der Waals surface area contributed by atoms with E-state index < -0.39 is 0 Å². The minimum atomic E-state index is -0.0388. The molecule has 0 aromatic heterocycles. The molecule has 14 aromatic carbocycles. The SMILES string of the molecule is C1=c2c(-c3cccc4ccccc34)c3ccc(N(c4cccc5ccccc45)c4cccc5ccccc45)cc3c(-c3cccc4ccccc34)c2=CCC1N(c1cccc2ccccc12)c1cccc2ccccc12. The third-order valence-electron chi connectivity index (χ3n) is 16.1. The Balaban J connectivity index is 1.09. The number of fused-ring (bicyclic) bond motifs is 8. The van der Waals surface area contributed by atoms with Crippen molar-refractivity contribution in [2.75, 3.05) is 9.80 Å². The lowest BCUT2D eigenvalue weighted by Gasteiger charge is -2.35. The molecule has 0 radical (unpaired) electrons. The van der Waals surface area contributed by atoms with E-state index in [1.807, 2.05) is 0 Å². The number of hydrogen-bond acceptors (Lipinski definition) is 2. The van der Waals surface area contributed by atoms with Crippen LogP contribution in [-0.2, 0) is 0 Å². The van der Waals surface area contributed by atoms with Crippen LogP contribution in [0.1, 0.15) is 6.42 Å². The van der Waals surface area contributed by atoms with Crippen LogP contribution >= 0.6 is 0 Å². The van der Waals surface area contributed by atoms with E-state index >= 15 is 0 Å². The molecule has 0 fully saturated rings. The second-order valence-electron chi connectivity index (χ2n) is 20.2. The highest BCUT2D eigenvalue weighted by molar-refractivity contribution is 6.15. The van der Waals surface area contributed by atoms with Gasteiger partial charge in [-0.3, -0.25) is 0 Å². The van der Waals surface area contributed by atoms with Crippen molar-refractivity contribution in [1.82, 2.24) is 0 Å². The first kappa shape index (κ1) is 43.8. The summed E-state index contributed by atoms with van der Waals surface area (Å²) < 4.78 is 0. The Bertz CT molecular complexity index is 4590. The molecule has 1 aliphatic carbocycles. The lowest BCUT2D eigenvalue weighted by atomic mass is 9.83. The van der Waals surface area contributed by atoms with Crippen molar-refractivity contribution in [3.8, 4) is 22.3 Å². The van der Waals surface area contributed by atoms with E-state index in [0.717, 1.165) is 23.5 Å². The van der Waals surface area contributed by atoms with Crippen LogP contribution < -0.4 is 20.2 Å². The molecule has 0 heterocycles. The first-order valence-electron chi connectivity index (χ1n) is 26.5. The molecule has 14 aromatic rings. The molecule has 76 heavy (non-hydrogen) atoms. The molecule has 1 unspecified atom stereocenters. The van der Waals surface area contributed by atoms with Crippen LogP contribution in [-0.4, -0.2) is 6.04 Å². The van der Waals surface area contributed by atoms with Crippen LogP contribution in [0, 0.1) is 0 Å². The zero-order chi connectivity index (χ0) is 50.1. The lowest BCUT2D eigenvalue weighted by Crippen LogP contribution is -2.40. The molecular weight excluding hydrogens is 917 g/mol. The van der Waals surface area contributed by atoms with Gasteiger partial charge in [0.05, 0.1) is 17.4 Å². The molecule has 1 aliphatic rings. The molecular formula is C74H50N2. The smallest absolute Gasteiger partial charge is 0.0566 e. The lowest BCUT2D eigenvalue weighted by molar-refractivity contribution is 0.843. The van der Waals surface area contributed by atoms with Gasteiger partial charge in [0.25, 0.3) is 0 Å². The van der Waals surface area contributed by atoms with Crippen molar-refractivity contribution in [2.24, 2.45) is 0 Å². The van der Waals surface area contributed by atoms with Gasteiger partial charge in [0.2, 0.25) is 0 Å². The number of anilines is 5. The Morgan fingerprint density at radius 2 is 0.632 bits per heavy atom. The highest BCUT2D eigenvalue weighted by Crippen LogP contribution is 2.46. The molecule has 0 aliphatic heterocycles. The molecule has 15 rings (SSSR count). The molecule has 2 nitrogen and oxygen atoms in total. The monoisotopic (exact) mass is 966 g/mol. The van der Waals surface area contributed by atoms with Gasteiger partial charge in [-0.05, 0) is 129 Å². The summed E-state index contributed by atoms with van der Waals surface area (Å²) in [5.74, 6) is 0. The van der Waals surface area contributed by atoms with Crippen molar-refractivity contribution in [1.29, 1.82) is 0 Å². The van der Waals surface area contributed by atoms with Gasteiger partial charge in [0, 0.05) is 38.6 Å². The van der Waals surface area contributed by atoms with Crippen LogP contribution in [0.5, 0.6) is 0 Å². The molecule has 356 valence electrons. The highest BCUT2D eigenvalue weighted by atomic mass is 15.2. The second kappa shape index (κ2) is 18.0. The maximum atomic E-state index is 2.63. The van der Waals surface area contributed by atoms with E-state index in [-0.39, 0.29) is 6.04 Å². The topological polar surface area (TPSA) is 6.48 Å². The fourth-order valence-corrected chi connectivity index (χ4v) is 12.7. The summed E-state index contributed by atoms with van der Waals surface area (Å²) in [6.45, 7) is 0. The summed E-state index contributed by atoms with van der Waals surface area (Å²) in [4.78, 5) is 5.14. The molecule has 0 amide bonds. The molecule has 0 N–H and O–H groups in total. The maximum absolute atomic E-state index is 2.63. The Labute approximate surface area is 441 Å². The van der Waals surface area contributed by atoms with Crippen LogP contribution in [0.2, 0.25) is 0 Å². The summed E-state index contributed by atoms with van der Waals surface area (Å²) in [5, 5.41) is 19.6. The first-order chi connectivity index (χ1) is 37.7. The normalized spacial score (nSPS) is 13.3. The zero-order valence-electron chi connectivity index (χ0n) is 41.8. The second-order valence-corrected chi connectivity index (χ2v) is 20.2. The van der Waals surface area contributed by atoms with E-state index in [4.69, 9.17) is 0 Å². The Kier molecular flexibility index (Phi) is 10.4. The first-order valence-corrected chi connectivity index (χ1v) is 26.5. The van der Waals surface area contributed by atoms with Crippen molar-refractivity contribution in [2.45, 2.75) is 12.5 Å². The molecule has 2 heteroatoms. The van der Waals surface area contributed by atoms with E-state index in [9.17, 15) is 0 Å². The average Bonchev–Trinajstić information content (AvgIpc) is 3.52. The van der Waals surface area contributed by atoms with Crippen molar-refractivity contribution < 1.29 is 0 Å². The number of hydrogen-bond donors (Lipinski definition) is 0. The summed E-state index contributed by atoms with van der Waals surface area (Å²) >= 11 is 0. The summed E-state index contributed by atoms with van der Waals surface area (Å²) in [7, 11) is 0. The Morgan fingerprint density at radius 1 is 0.276 bits per heavy atom. The van der Waals surface area contributed by atoms with Gasteiger partial charge in [-0.2, -0.15) is 0 Å². The van der Waals surface area contributed by atoms with Gasteiger partial charge < -0.3 is 9.80 Å². The minimum Gasteiger partial charge on any atom is -0.333 e. The van der Waals surface area contributed by atoms with E-state index in [0.29, 0.717) is 0 Å². The molecule has 0 spiro atoms. The molecule has 1 atom stereocenters. The number of nitrogens with zero attached hydrogens (tertiary/aromatic N) is 2. The van der Waals surface area contributed by atoms with E-state index in [1.54, 1.807) is 0 Å². The third kappa shape index (κ3) is 7.10. The number of rotatable bonds is 8. The van der Waals surface area contributed by atoms with Crippen molar-refractivity contribution >= 4 is 116 Å². The van der Waals surface area contributed by atoms with E-state index in [2.05, 4.69) is 295 Å². The predicted molar refractivity (Wildman–Crippen MR) is 326 cm³/mol. The highest BCUT2D eigenvalue weighted by Gasteiger charge is 2.28. The molecule has 0 saturated heterocycles. The maximum Gasteiger partial charge on any atom is 0.0566 e. The summed E-state index contributed by atoms with van der Waals surface area (Å²) in [6.07, 6.45) is 5.99. The predicted octanol–water partition coefficient (Wildman–Crippen LogP) is 18.7. The number of benzene rings is 14. The Hall–Kier alpha value is -9.76. The van der Waals surface area contributed by atoms with Gasteiger partial charge in [-0.15, -0.1) is 0 Å². The molecule has 0 saturated carbocycles. The average molecular weight is 967 g/mol. The van der Waals surface area contributed by atoms with Gasteiger partial charge in [0.15, 0.2) is 0 Å². The quantitative estimate of drug-likeness (QED) is 0.150. The minimum absolute atomic E-state index is 0.0388.